The molecule has 0 rings (SSSR count). The van der Waals surface area contributed by atoms with Crippen molar-refractivity contribution in [1.82, 2.24) is 16.0 Å². The van der Waals surface area contributed by atoms with Gasteiger partial charge in [-0.1, -0.05) is 13.8 Å². The van der Waals surface area contributed by atoms with Gasteiger partial charge in [0.05, 0.1) is 18.6 Å². The van der Waals surface area contributed by atoms with Crippen molar-refractivity contribution in [2.75, 3.05) is 0 Å². The van der Waals surface area contributed by atoms with Gasteiger partial charge in [-0.05, 0) is 19.8 Å². The van der Waals surface area contributed by atoms with Crippen LogP contribution in [0.1, 0.15) is 34.1 Å². The van der Waals surface area contributed by atoms with Gasteiger partial charge in [0.1, 0.15) is 18.1 Å². The molecule has 0 aromatic heterocycles. The first-order valence-electron chi connectivity index (χ1n) is 8.57. The molecule has 8 N–H and O–H groups in total. The minimum absolute atomic E-state index is 0.502. The van der Waals surface area contributed by atoms with Gasteiger partial charge >= 0.3 is 11.9 Å². The smallest absolute Gasteiger partial charge is 0.326 e. The van der Waals surface area contributed by atoms with Gasteiger partial charge in [0.25, 0.3) is 0 Å². The molecule has 0 aliphatic rings. The SMILES string of the molecule is CC(C)[C@H](NC(=O)[C@H](CC(=O)O)NC(=O)[C@@H](NC(=O)[C@H](C)N)[C@@H](C)O)C(=O)O. The van der Waals surface area contributed by atoms with E-state index in [1.807, 2.05) is 0 Å². The number of hydrogen-bond acceptors (Lipinski definition) is 7. The van der Waals surface area contributed by atoms with Gasteiger partial charge in [0.15, 0.2) is 0 Å². The summed E-state index contributed by atoms with van der Waals surface area (Å²) in [6, 6.07) is -5.40. The van der Waals surface area contributed by atoms with Crippen LogP contribution in [0.3, 0.4) is 0 Å². The zero-order valence-electron chi connectivity index (χ0n) is 16.1. The number of aliphatic hydroxyl groups excluding tert-OH is 1. The number of carbonyl (C=O) groups is 5. The van der Waals surface area contributed by atoms with Crippen LogP contribution in [0.5, 0.6) is 0 Å². The second-order valence-electron chi connectivity index (χ2n) is 6.74. The standard InChI is InChI=1S/C16H28N4O8/c1-6(2)11(16(27)28)19-14(25)9(5-10(22)23)18-15(26)12(8(4)21)20-13(24)7(3)17/h6-9,11-12,21H,5,17H2,1-4H3,(H,18,26)(H,19,25)(H,20,24)(H,22,23)(H,27,28)/t7-,8+,9-,11-,12-/m0/s1. The summed E-state index contributed by atoms with van der Waals surface area (Å²) in [5, 5.41) is 34.3. The van der Waals surface area contributed by atoms with Gasteiger partial charge < -0.3 is 37.0 Å². The van der Waals surface area contributed by atoms with E-state index in [1.54, 1.807) is 0 Å². The number of aliphatic hydroxyl groups is 1. The van der Waals surface area contributed by atoms with Gasteiger partial charge in [-0.3, -0.25) is 19.2 Å². The predicted molar refractivity (Wildman–Crippen MR) is 95.8 cm³/mol. The first-order valence-corrected chi connectivity index (χ1v) is 8.57. The third kappa shape index (κ3) is 8.31. The maximum absolute atomic E-state index is 12.4. The van der Waals surface area contributed by atoms with E-state index in [9.17, 15) is 29.1 Å². The number of nitrogens with one attached hydrogen (secondary N) is 3. The Hall–Kier alpha value is -2.73. The van der Waals surface area contributed by atoms with Crippen LogP contribution in [0.25, 0.3) is 0 Å². The van der Waals surface area contributed by atoms with Gasteiger partial charge in [-0.25, -0.2) is 4.79 Å². The zero-order valence-corrected chi connectivity index (χ0v) is 16.1. The highest BCUT2D eigenvalue weighted by Crippen LogP contribution is 2.04. The molecule has 0 aliphatic heterocycles. The molecule has 0 heterocycles. The summed E-state index contributed by atoms with van der Waals surface area (Å²) >= 11 is 0. The van der Waals surface area contributed by atoms with E-state index >= 15 is 0 Å². The molecule has 0 spiro atoms. The Bertz CT molecular complexity index is 605. The molecule has 3 amide bonds. The minimum atomic E-state index is -1.63. The molecule has 0 bridgehead atoms. The topological polar surface area (TPSA) is 208 Å². The average Bonchev–Trinajstić information content (AvgIpc) is 2.54. The van der Waals surface area contributed by atoms with Crippen molar-refractivity contribution < 1.29 is 39.3 Å². The minimum Gasteiger partial charge on any atom is -0.481 e. The number of carboxylic acid groups (broad SMARTS) is 2. The summed E-state index contributed by atoms with van der Waals surface area (Å²) in [6.07, 6.45) is -2.21. The first-order chi connectivity index (χ1) is 12.8. The molecule has 0 aromatic rings. The van der Waals surface area contributed by atoms with Crippen LogP contribution in [-0.2, 0) is 24.0 Å². The first kappa shape index (κ1) is 25.3. The molecule has 12 heteroatoms. The van der Waals surface area contributed by atoms with E-state index in [2.05, 4.69) is 16.0 Å². The fraction of sp³-hybridized carbons (Fsp3) is 0.688. The molecule has 0 unspecified atom stereocenters. The highest BCUT2D eigenvalue weighted by atomic mass is 16.4. The summed E-state index contributed by atoms with van der Waals surface area (Å²) in [6.45, 7) is 5.63. The van der Waals surface area contributed by atoms with Gasteiger partial charge in [-0.2, -0.15) is 0 Å². The summed E-state index contributed by atoms with van der Waals surface area (Å²) < 4.78 is 0. The third-order valence-electron chi connectivity index (χ3n) is 3.72. The van der Waals surface area contributed by atoms with Crippen molar-refractivity contribution in [2.24, 2.45) is 11.7 Å². The molecule has 0 aromatic carbocycles. The van der Waals surface area contributed by atoms with Crippen LogP contribution in [0.2, 0.25) is 0 Å². The van der Waals surface area contributed by atoms with Gasteiger partial charge in [0.2, 0.25) is 17.7 Å². The summed E-state index contributed by atoms with van der Waals surface area (Å²) in [5.74, 6) is -6.05. The Morgan fingerprint density at radius 2 is 1.32 bits per heavy atom. The quantitative estimate of drug-likeness (QED) is 0.192. The predicted octanol–water partition coefficient (Wildman–Crippen LogP) is -2.62. The van der Waals surface area contributed by atoms with E-state index in [0.717, 1.165) is 0 Å². The van der Waals surface area contributed by atoms with Crippen LogP contribution in [0.15, 0.2) is 0 Å². The molecule has 28 heavy (non-hydrogen) atoms. The molecule has 0 radical (unpaired) electrons. The van der Waals surface area contributed by atoms with Crippen LogP contribution >= 0.6 is 0 Å². The van der Waals surface area contributed by atoms with Crippen molar-refractivity contribution in [3.63, 3.8) is 0 Å². The number of hydrogen-bond donors (Lipinski definition) is 7. The molecule has 0 saturated heterocycles. The lowest BCUT2D eigenvalue weighted by atomic mass is 10.0. The van der Waals surface area contributed by atoms with Crippen molar-refractivity contribution in [2.45, 2.75) is 64.4 Å². The molecule has 12 nitrogen and oxygen atoms in total. The molecule has 5 atom stereocenters. The van der Waals surface area contributed by atoms with E-state index in [-0.39, 0.29) is 0 Å². The maximum atomic E-state index is 12.4. The molecule has 0 fully saturated rings. The lowest BCUT2D eigenvalue weighted by Crippen LogP contribution is -2.60. The lowest BCUT2D eigenvalue weighted by Gasteiger charge is -2.26. The number of amides is 3. The maximum Gasteiger partial charge on any atom is 0.326 e. The number of rotatable bonds is 11. The fourth-order valence-electron chi connectivity index (χ4n) is 2.10. The average molecular weight is 404 g/mol. The van der Waals surface area contributed by atoms with Gasteiger partial charge in [0, 0.05) is 0 Å². The summed E-state index contributed by atoms with van der Waals surface area (Å²) in [7, 11) is 0. The lowest BCUT2D eigenvalue weighted by molar-refractivity contribution is -0.144. The van der Waals surface area contributed by atoms with Crippen LogP contribution in [-0.4, -0.2) is 75.3 Å². The molecule has 0 aliphatic carbocycles. The van der Waals surface area contributed by atoms with Crippen LogP contribution < -0.4 is 21.7 Å². The van der Waals surface area contributed by atoms with Crippen molar-refractivity contribution in [3.05, 3.63) is 0 Å². The number of aliphatic carboxylic acids is 2. The molecule has 160 valence electrons. The fourth-order valence-corrected chi connectivity index (χ4v) is 2.10. The molecular weight excluding hydrogens is 376 g/mol. The third-order valence-corrected chi connectivity index (χ3v) is 3.72. The Kier molecular flexibility index (Phi) is 10.1. The van der Waals surface area contributed by atoms with Crippen molar-refractivity contribution in [3.8, 4) is 0 Å². The van der Waals surface area contributed by atoms with Crippen molar-refractivity contribution >= 4 is 29.7 Å². The Morgan fingerprint density at radius 1 is 0.821 bits per heavy atom. The highest BCUT2D eigenvalue weighted by molar-refractivity contribution is 5.95. The second kappa shape index (κ2) is 11.2. The van der Waals surface area contributed by atoms with E-state index < -0.39 is 72.3 Å². The number of carboxylic acids is 2. The normalized spacial score (nSPS) is 16.2. The Morgan fingerprint density at radius 3 is 1.68 bits per heavy atom. The molecular formula is C16H28N4O8. The van der Waals surface area contributed by atoms with Crippen LogP contribution in [0, 0.1) is 5.92 Å². The van der Waals surface area contributed by atoms with Gasteiger partial charge in [-0.15, -0.1) is 0 Å². The van der Waals surface area contributed by atoms with Crippen molar-refractivity contribution in [1.29, 1.82) is 0 Å². The second-order valence-corrected chi connectivity index (χ2v) is 6.74. The van der Waals surface area contributed by atoms with E-state index in [1.165, 1.54) is 27.7 Å². The zero-order chi connectivity index (χ0) is 22.2. The molecule has 0 saturated carbocycles. The summed E-state index contributed by atoms with van der Waals surface area (Å²) in [4.78, 5) is 58.7. The Balaban J connectivity index is 5.41. The van der Waals surface area contributed by atoms with E-state index in [0.29, 0.717) is 0 Å². The van der Waals surface area contributed by atoms with E-state index in [4.69, 9.17) is 15.9 Å². The largest absolute Gasteiger partial charge is 0.481 e. The Labute approximate surface area is 161 Å². The monoisotopic (exact) mass is 404 g/mol. The number of nitrogens with two attached hydrogens (primary N) is 1. The summed E-state index contributed by atoms with van der Waals surface area (Å²) in [5.41, 5.74) is 5.39. The highest BCUT2D eigenvalue weighted by Gasteiger charge is 2.33. The number of carbonyl (C=O) groups excluding carboxylic acids is 3. The van der Waals surface area contributed by atoms with Crippen LogP contribution in [0.4, 0.5) is 0 Å².